The first-order valence-electron chi connectivity index (χ1n) is 9.76. The summed E-state index contributed by atoms with van der Waals surface area (Å²) in [5.74, 6) is -2.20. The first-order valence-corrected chi connectivity index (χ1v) is 9.76. The van der Waals surface area contributed by atoms with Gasteiger partial charge in [-0.3, -0.25) is 0 Å². The molecule has 0 radical (unpaired) electrons. The number of imidazole rings is 1. The van der Waals surface area contributed by atoms with Crippen LogP contribution in [0.3, 0.4) is 0 Å². The molecule has 0 atom stereocenters. The van der Waals surface area contributed by atoms with E-state index in [9.17, 15) is 30.7 Å². The summed E-state index contributed by atoms with van der Waals surface area (Å²) in [6.45, 7) is 5.57. The van der Waals surface area contributed by atoms with E-state index in [1.807, 2.05) is 20.8 Å². The lowest BCUT2D eigenvalue weighted by atomic mass is 9.92. The Morgan fingerprint density at radius 2 is 1.68 bits per heavy atom. The summed E-state index contributed by atoms with van der Waals surface area (Å²) in [4.78, 5) is 6.63. The van der Waals surface area contributed by atoms with Gasteiger partial charge in [-0.25, -0.2) is 9.37 Å². The lowest BCUT2D eigenvalue weighted by Crippen LogP contribution is -2.18. The number of aromatic nitrogens is 3. The van der Waals surface area contributed by atoms with Crippen molar-refractivity contribution in [2.24, 2.45) is 0 Å². The molecule has 1 N–H and O–H groups in total. The van der Waals surface area contributed by atoms with Gasteiger partial charge in [0.2, 0.25) is 5.76 Å². The van der Waals surface area contributed by atoms with E-state index in [0.29, 0.717) is 11.8 Å². The third-order valence-electron chi connectivity index (χ3n) is 4.89. The first-order chi connectivity index (χ1) is 15.6. The fraction of sp³-hybridized carbons (Fsp3) is 0.273. The van der Waals surface area contributed by atoms with Crippen LogP contribution >= 0.6 is 0 Å². The van der Waals surface area contributed by atoms with E-state index in [4.69, 9.17) is 4.52 Å². The average molecular weight is 487 g/mol. The fourth-order valence-electron chi connectivity index (χ4n) is 3.33. The van der Waals surface area contributed by atoms with Crippen LogP contribution in [0.15, 0.2) is 40.9 Å². The van der Waals surface area contributed by atoms with Gasteiger partial charge in [0, 0.05) is 11.5 Å². The van der Waals surface area contributed by atoms with Gasteiger partial charge < -0.3 is 14.2 Å². The van der Waals surface area contributed by atoms with Crippen LogP contribution in [0, 0.1) is 5.82 Å². The number of alkyl halides is 6. The molecule has 0 spiro atoms. The zero-order valence-electron chi connectivity index (χ0n) is 17.8. The molecule has 0 unspecified atom stereocenters. The molecule has 0 amide bonds. The van der Waals surface area contributed by atoms with Crippen molar-refractivity contribution < 1.29 is 40.0 Å². The smallest absolute Gasteiger partial charge is 0.405 e. The number of ether oxygens (including phenoxy) is 1. The van der Waals surface area contributed by atoms with Crippen LogP contribution in [-0.4, -0.2) is 21.5 Å². The fourth-order valence-corrected chi connectivity index (χ4v) is 3.33. The van der Waals surface area contributed by atoms with E-state index >= 15 is 0 Å². The number of aromatic amines is 1. The Bertz CT molecular complexity index is 1360. The van der Waals surface area contributed by atoms with E-state index < -0.39 is 51.7 Å². The van der Waals surface area contributed by atoms with E-state index in [2.05, 4.69) is 19.9 Å². The monoisotopic (exact) mass is 487 g/mol. The number of benzene rings is 2. The Labute approximate surface area is 187 Å². The topological polar surface area (TPSA) is 63.9 Å². The molecule has 34 heavy (non-hydrogen) atoms. The molecule has 0 saturated carbocycles. The number of hydrogen-bond acceptors (Lipinski definition) is 4. The number of fused-ring (bicyclic) bond motifs is 1. The summed E-state index contributed by atoms with van der Waals surface area (Å²) in [5, 5.41) is 3.90. The quantitative estimate of drug-likeness (QED) is 0.310. The molecule has 0 aliphatic heterocycles. The predicted octanol–water partition coefficient (Wildman–Crippen LogP) is 7.24. The maximum absolute atomic E-state index is 14.5. The Hall–Kier alpha value is -3.57. The zero-order valence-corrected chi connectivity index (χ0v) is 17.8. The summed E-state index contributed by atoms with van der Waals surface area (Å²) in [6.07, 6.45) is -10.1. The highest BCUT2D eigenvalue weighted by molar-refractivity contribution is 5.88. The van der Waals surface area contributed by atoms with Crippen molar-refractivity contribution in [3.8, 4) is 28.5 Å². The SMILES string of the molecule is CC(C)(C)c1cc(-c2nc3c(C(F)(F)F)cc(-c4c(F)cccc4OC(F)(F)F)cc3[nH]2)on1. The summed E-state index contributed by atoms with van der Waals surface area (Å²) in [5.41, 5.74) is -3.14. The third-order valence-corrected chi connectivity index (χ3v) is 4.89. The van der Waals surface area contributed by atoms with Crippen molar-refractivity contribution in [2.45, 2.75) is 38.7 Å². The lowest BCUT2D eigenvalue weighted by molar-refractivity contribution is -0.274. The van der Waals surface area contributed by atoms with Crippen molar-refractivity contribution in [1.82, 2.24) is 15.1 Å². The molecular weight excluding hydrogens is 471 g/mol. The van der Waals surface area contributed by atoms with Gasteiger partial charge in [-0.2, -0.15) is 13.2 Å². The van der Waals surface area contributed by atoms with E-state index in [1.165, 1.54) is 6.07 Å². The van der Waals surface area contributed by atoms with Gasteiger partial charge >= 0.3 is 12.5 Å². The van der Waals surface area contributed by atoms with Crippen LogP contribution in [0.25, 0.3) is 33.7 Å². The Balaban J connectivity index is 1.93. The molecule has 0 aliphatic carbocycles. The summed E-state index contributed by atoms with van der Waals surface area (Å²) in [6, 6.07) is 5.67. The van der Waals surface area contributed by atoms with Gasteiger partial charge in [-0.1, -0.05) is 32.0 Å². The number of halogens is 7. The van der Waals surface area contributed by atoms with Crippen molar-refractivity contribution in [2.75, 3.05) is 0 Å². The number of nitrogens with zero attached hydrogens (tertiary/aromatic N) is 2. The summed E-state index contributed by atoms with van der Waals surface area (Å²) < 4.78 is 104. The van der Waals surface area contributed by atoms with Crippen molar-refractivity contribution in [3.05, 3.63) is 53.5 Å². The van der Waals surface area contributed by atoms with Crippen LogP contribution in [0.1, 0.15) is 32.0 Å². The maximum Gasteiger partial charge on any atom is 0.573 e. The van der Waals surface area contributed by atoms with Gasteiger partial charge in [-0.15, -0.1) is 13.2 Å². The molecule has 0 aliphatic rings. The van der Waals surface area contributed by atoms with E-state index in [1.54, 1.807) is 0 Å². The summed E-state index contributed by atoms with van der Waals surface area (Å²) in [7, 11) is 0. The minimum Gasteiger partial charge on any atom is -0.405 e. The number of H-pyrrole nitrogens is 1. The first kappa shape index (κ1) is 23.6. The number of rotatable bonds is 3. The molecule has 2 aromatic heterocycles. The minimum atomic E-state index is -5.18. The van der Waals surface area contributed by atoms with Gasteiger partial charge in [0.1, 0.15) is 17.1 Å². The standard InChI is InChI=1S/C22H16F7N3O2/c1-20(2,3)16-9-15(34-32-16)19-30-13-8-10(7-11(18(13)31-19)21(24,25)26)17-12(23)5-4-6-14(17)33-22(27,28)29/h4-9H,1-3H3,(H,30,31). The molecule has 2 aromatic carbocycles. The molecule has 0 fully saturated rings. The second kappa shape index (κ2) is 7.74. The van der Waals surface area contributed by atoms with Gasteiger partial charge in [0.05, 0.1) is 22.3 Å². The van der Waals surface area contributed by atoms with Crippen molar-refractivity contribution >= 4 is 11.0 Å². The highest BCUT2D eigenvalue weighted by Crippen LogP contribution is 2.42. The number of hydrogen-bond donors (Lipinski definition) is 1. The second-order valence-electron chi connectivity index (χ2n) is 8.49. The predicted molar refractivity (Wildman–Crippen MR) is 107 cm³/mol. The molecule has 0 saturated heterocycles. The minimum absolute atomic E-state index is 0.0581. The van der Waals surface area contributed by atoms with Gasteiger partial charge in [-0.05, 0) is 29.8 Å². The zero-order chi connectivity index (χ0) is 25.1. The van der Waals surface area contributed by atoms with E-state index in [-0.39, 0.29) is 17.1 Å². The number of nitrogens with one attached hydrogen (secondary N) is 1. The highest BCUT2D eigenvalue weighted by Gasteiger charge is 2.37. The molecule has 5 nitrogen and oxygen atoms in total. The van der Waals surface area contributed by atoms with Crippen LogP contribution < -0.4 is 4.74 Å². The molecule has 0 bridgehead atoms. The van der Waals surface area contributed by atoms with Gasteiger partial charge in [0.15, 0.2) is 5.82 Å². The normalized spacial score (nSPS) is 13.0. The second-order valence-corrected chi connectivity index (χ2v) is 8.49. The van der Waals surface area contributed by atoms with Crippen LogP contribution in [0.2, 0.25) is 0 Å². The Morgan fingerprint density at radius 1 is 0.971 bits per heavy atom. The van der Waals surface area contributed by atoms with Crippen LogP contribution in [-0.2, 0) is 11.6 Å². The van der Waals surface area contributed by atoms with Gasteiger partial charge in [0.25, 0.3) is 0 Å². The molecule has 180 valence electrons. The average Bonchev–Trinajstić information content (AvgIpc) is 3.32. The molecule has 4 rings (SSSR count). The molecular formula is C22H16F7N3O2. The lowest BCUT2D eigenvalue weighted by Gasteiger charge is -2.15. The third kappa shape index (κ3) is 4.57. The van der Waals surface area contributed by atoms with Crippen molar-refractivity contribution in [1.29, 1.82) is 0 Å². The largest absolute Gasteiger partial charge is 0.573 e. The molecule has 2 heterocycles. The van der Waals surface area contributed by atoms with Crippen molar-refractivity contribution in [3.63, 3.8) is 0 Å². The molecule has 12 heteroatoms. The molecule has 4 aromatic rings. The maximum atomic E-state index is 14.5. The highest BCUT2D eigenvalue weighted by atomic mass is 19.4. The van der Waals surface area contributed by atoms with Crippen LogP contribution in [0.5, 0.6) is 5.75 Å². The summed E-state index contributed by atoms with van der Waals surface area (Å²) >= 11 is 0. The van der Waals surface area contributed by atoms with E-state index in [0.717, 1.165) is 24.3 Å². The Morgan fingerprint density at radius 3 is 2.26 bits per heavy atom. The Kier molecular flexibility index (Phi) is 5.37. The van der Waals surface area contributed by atoms with Crippen LogP contribution in [0.4, 0.5) is 30.7 Å².